The van der Waals surface area contributed by atoms with Gasteiger partial charge in [-0.2, -0.15) is 4.98 Å². The first-order valence-electron chi connectivity index (χ1n) is 5.34. The monoisotopic (exact) mass is 255 g/mol. The maximum absolute atomic E-state index is 5.95. The molecule has 0 aliphatic rings. The number of halogens is 1. The molecular weight excluding hydrogens is 242 g/mol. The molecule has 5 heteroatoms. The Bertz CT molecular complexity index is 505. The molecule has 0 aliphatic carbocycles. The topological polar surface area (TPSA) is 29.0 Å². The average molecular weight is 256 g/mol. The Hall–Kier alpha value is -0.870. The molecule has 0 aromatic carbocycles. The van der Waals surface area contributed by atoms with Crippen LogP contribution >= 0.6 is 22.9 Å². The van der Waals surface area contributed by atoms with Gasteiger partial charge in [0.05, 0.1) is 5.39 Å². The van der Waals surface area contributed by atoms with E-state index < -0.39 is 0 Å². The molecule has 0 spiro atoms. The third-order valence-corrected chi connectivity index (χ3v) is 3.64. The minimum atomic E-state index is 0.330. The van der Waals surface area contributed by atoms with E-state index in [-0.39, 0.29) is 0 Å². The summed E-state index contributed by atoms with van der Waals surface area (Å²) in [6.45, 7) is 8.16. The number of rotatable bonds is 3. The maximum atomic E-state index is 5.95. The highest BCUT2D eigenvalue weighted by Crippen LogP contribution is 2.31. The Balaban J connectivity index is 2.66. The van der Waals surface area contributed by atoms with Gasteiger partial charge < -0.3 is 4.90 Å². The Morgan fingerprint density at radius 3 is 2.62 bits per heavy atom. The van der Waals surface area contributed by atoms with Crippen molar-refractivity contribution in [2.24, 2.45) is 0 Å². The first kappa shape index (κ1) is 11.6. The molecule has 0 fully saturated rings. The Morgan fingerprint density at radius 2 is 2.00 bits per heavy atom. The minimum Gasteiger partial charge on any atom is -0.356 e. The second kappa shape index (κ2) is 4.55. The van der Waals surface area contributed by atoms with Crippen molar-refractivity contribution in [2.45, 2.75) is 20.8 Å². The molecule has 0 aliphatic heterocycles. The summed E-state index contributed by atoms with van der Waals surface area (Å²) < 4.78 is 0. The van der Waals surface area contributed by atoms with E-state index in [9.17, 15) is 0 Å². The van der Waals surface area contributed by atoms with Crippen LogP contribution in [0.5, 0.6) is 0 Å². The summed E-state index contributed by atoms with van der Waals surface area (Å²) in [6, 6.07) is 2.13. The van der Waals surface area contributed by atoms with Gasteiger partial charge in [-0.25, -0.2) is 4.98 Å². The molecule has 0 radical (unpaired) electrons. The zero-order chi connectivity index (χ0) is 11.7. The molecule has 0 saturated heterocycles. The number of aryl methyl sites for hydroxylation is 1. The summed E-state index contributed by atoms with van der Waals surface area (Å²) >= 11 is 7.61. The van der Waals surface area contributed by atoms with Gasteiger partial charge in [-0.3, -0.25) is 0 Å². The highest BCUT2D eigenvalue weighted by atomic mass is 35.5. The van der Waals surface area contributed by atoms with E-state index >= 15 is 0 Å². The maximum Gasteiger partial charge on any atom is 0.225 e. The molecule has 86 valence electrons. The van der Waals surface area contributed by atoms with Crippen molar-refractivity contribution < 1.29 is 0 Å². The number of hydrogen-bond donors (Lipinski definition) is 0. The van der Waals surface area contributed by atoms with Crippen molar-refractivity contribution in [1.82, 2.24) is 9.97 Å². The summed E-state index contributed by atoms with van der Waals surface area (Å²) in [7, 11) is 0. The van der Waals surface area contributed by atoms with E-state index in [1.54, 1.807) is 11.3 Å². The lowest BCUT2D eigenvalue weighted by Gasteiger charge is -2.20. The number of fused-ring (bicyclic) bond motifs is 1. The number of aromatic nitrogens is 2. The fourth-order valence-corrected chi connectivity index (χ4v) is 2.85. The van der Waals surface area contributed by atoms with Crippen molar-refractivity contribution in [1.29, 1.82) is 0 Å². The molecule has 2 rings (SSSR count). The van der Waals surface area contributed by atoms with Gasteiger partial charge in [0.1, 0.15) is 10.6 Å². The molecule has 0 amide bonds. The summed E-state index contributed by atoms with van der Waals surface area (Å²) in [5.74, 6) is 0.948. The van der Waals surface area contributed by atoms with Gasteiger partial charge in [0.25, 0.3) is 0 Å². The molecule has 0 N–H and O–H groups in total. The van der Waals surface area contributed by atoms with Gasteiger partial charge in [-0.05, 0) is 38.4 Å². The molecule has 2 heterocycles. The van der Waals surface area contributed by atoms with E-state index in [4.69, 9.17) is 11.6 Å². The summed E-state index contributed by atoms with van der Waals surface area (Å²) in [5, 5.41) is 1.44. The lowest BCUT2D eigenvalue weighted by Crippen LogP contribution is -2.23. The van der Waals surface area contributed by atoms with Gasteiger partial charge in [0, 0.05) is 18.0 Å². The first-order chi connectivity index (χ1) is 7.65. The molecule has 0 atom stereocenters. The normalized spacial score (nSPS) is 11.0. The molecule has 0 unspecified atom stereocenters. The summed E-state index contributed by atoms with van der Waals surface area (Å²) in [5.41, 5.74) is 0. The molecule has 16 heavy (non-hydrogen) atoms. The Morgan fingerprint density at radius 1 is 1.31 bits per heavy atom. The number of thiophene rings is 1. The molecule has 3 nitrogen and oxygen atoms in total. The van der Waals surface area contributed by atoms with Crippen LogP contribution in [-0.2, 0) is 0 Å². The zero-order valence-corrected chi connectivity index (χ0v) is 11.2. The predicted molar refractivity (Wildman–Crippen MR) is 70.7 cm³/mol. The second-order valence-electron chi connectivity index (χ2n) is 3.56. The summed E-state index contributed by atoms with van der Waals surface area (Å²) in [6.07, 6.45) is 0. The third-order valence-electron chi connectivity index (χ3n) is 2.53. The fourth-order valence-electron chi connectivity index (χ4n) is 1.77. The van der Waals surface area contributed by atoms with Crippen LogP contribution in [-0.4, -0.2) is 23.1 Å². The highest BCUT2D eigenvalue weighted by Gasteiger charge is 2.13. The van der Waals surface area contributed by atoms with Crippen LogP contribution < -0.4 is 4.90 Å². The van der Waals surface area contributed by atoms with Gasteiger partial charge in [0.15, 0.2) is 0 Å². The smallest absolute Gasteiger partial charge is 0.225 e. The van der Waals surface area contributed by atoms with E-state index in [0.717, 1.165) is 29.1 Å². The van der Waals surface area contributed by atoms with Gasteiger partial charge in [-0.15, -0.1) is 11.3 Å². The van der Waals surface area contributed by atoms with Gasteiger partial charge in [-0.1, -0.05) is 0 Å². The largest absolute Gasteiger partial charge is 0.356 e. The standard InChI is InChI=1S/C11H14ClN3S/c1-4-15(5-2)9-8-6-7(3)16-10(8)14-11(12)13-9/h6H,4-5H2,1-3H3. The van der Waals surface area contributed by atoms with Crippen LogP contribution in [0.25, 0.3) is 10.2 Å². The van der Waals surface area contributed by atoms with Crippen LogP contribution in [0.3, 0.4) is 0 Å². The Labute approximate surface area is 104 Å². The fraction of sp³-hybridized carbons (Fsp3) is 0.455. The van der Waals surface area contributed by atoms with Crippen LogP contribution in [0, 0.1) is 6.92 Å². The number of anilines is 1. The van der Waals surface area contributed by atoms with Crippen LogP contribution in [0.1, 0.15) is 18.7 Å². The van der Waals surface area contributed by atoms with E-state index in [1.165, 1.54) is 4.88 Å². The van der Waals surface area contributed by atoms with Crippen molar-refractivity contribution in [3.05, 3.63) is 16.2 Å². The molecule has 2 aromatic rings. The van der Waals surface area contributed by atoms with Crippen LogP contribution in [0.15, 0.2) is 6.07 Å². The van der Waals surface area contributed by atoms with Crippen LogP contribution in [0.2, 0.25) is 5.28 Å². The highest BCUT2D eigenvalue weighted by molar-refractivity contribution is 7.18. The van der Waals surface area contributed by atoms with Gasteiger partial charge >= 0.3 is 0 Å². The van der Waals surface area contributed by atoms with Crippen molar-refractivity contribution in [2.75, 3.05) is 18.0 Å². The third kappa shape index (κ3) is 1.99. The number of nitrogens with zero attached hydrogens (tertiary/aromatic N) is 3. The van der Waals surface area contributed by atoms with E-state index in [2.05, 4.69) is 41.7 Å². The predicted octanol–water partition coefficient (Wildman–Crippen LogP) is 3.50. The molecule has 2 aromatic heterocycles. The zero-order valence-electron chi connectivity index (χ0n) is 9.62. The van der Waals surface area contributed by atoms with Crippen molar-refractivity contribution in [3.8, 4) is 0 Å². The van der Waals surface area contributed by atoms with Crippen molar-refractivity contribution >= 4 is 39.0 Å². The molecular formula is C11H14ClN3S. The minimum absolute atomic E-state index is 0.330. The van der Waals surface area contributed by atoms with E-state index in [0.29, 0.717) is 5.28 Å². The van der Waals surface area contributed by atoms with Crippen molar-refractivity contribution in [3.63, 3.8) is 0 Å². The SMILES string of the molecule is CCN(CC)c1nc(Cl)nc2sc(C)cc12. The summed E-state index contributed by atoms with van der Waals surface area (Å²) in [4.78, 5) is 13.0. The first-order valence-corrected chi connectivity index (χ1v) is 6.53. The average Bonchev–Trinajstić information content (AvgIpc) is 2.60. The van der Waals surface area contributed by atoms with Crippen LogP contribution in [0.4, 0.5) is 5.82 Å². The quantitative estimate of drug-likeness (QED) is 0.786. The molecule has 0 bridgehead atoms. The van der Waals surface area contributed by atoms with Gasteiger partial charge in [0.2, 0.25) is 5.28 Å². The second-order valence-corrected chi connectivity index (χ2v) is 5.14. The molecule has 0 saturated carbocycles. The van der Waals surface area contributed by atoms with E-state index in [1.807, 2.05) is 0 Å². The Kier molecular flexibility index (Phi) is 3.30. The lowest BCUT2D eigenvalue weighted by molar-refractivity contribution is 0.849. The lowest BCUT2D eigenvalue weighted by atomic mass is 10.3. The number of hydrogen-bond acceptors (Lipinski definition) is 4.